The van der Waals surface area contributed by atoms with Crippen LogP contribution in [-0.4, -0.2) is 36.1 Å². The molecule has 1 N–H and O–H groups in total. The fourth-order valence-corrected chi connectivity index (χ4v) is 2.49. The minimum Gasteiger partial charge on any atom is -0.369 e. The van der Waals surface area contributed by atoms with Crippen LogP contribution in [0.15, 0.2) is 16.6 Å². The maximum Gasteiger partial charge on any atom is 0.126 e. The fraction of sp³-hybridized carbons (Fsp3) is 0.643. The van der Waals surface area contributed by atoms with Gasteiger partial charge in [-0.1, -0.05) is 6.92 Å². The van der Waals surface area contributed by atoms with Crippen LogP contribution in [0.4, 0.5) is 5.82 Å². The number of nitrogens with one attached hydrogen (secondary N) is 1. The molecule has 100 valence electrons. The highest BCUT2D eigenvalue weighted by molar-refractivity contribution is 9.10. The number of anilines is 1. The van der Waals surface area contributed by atoms with Crippen molar-refractivity contribution in [2.45, 2.75) is 26.7 Å². The fourth-order valence-electron chi connectivity index (χ4n) is 2.27. The summed E-state index contributed by atoms with van der Waals surface area (Å²) in [7, 11) is 0. The first-order valence-electron chi connectivity index (χ1n) is 6.74. The summed E-state index contributed by atoms with van der Waals surface area (Å²) < 4.78 is 1.07. The van der Waals surface area contributed by atoms with Crippen LogP contribution in [-0.2, 0) is 0 Å². The number of aromatic nitrogens is 1. The predicted octanol–water partition coefficient (Wildman–Crippen LogP) is 3.30. The van der Waals surface area contributed by atoms with Crippen LogP contribution in [0, 0.1) is 12.8 Å². The van der Waals surface area contributed by atoms with E-state index in [0.717, 1.165) is 35.0 Å². The molecule has 18 heavy (non-hydrogen) atoms. The molecule has 3 nitrogen and oxygen atoms in total. The molecule has 0 bridgehead atoms. The summed E-state index contributed by atoms with van der Waals surface area (Å²) in [5, 5.41) is 3.40. The molecule has 1 saturated heterocycles. The topological polar surface area (TPSA) is 28.2 Å². The maximum atomic E-state index is 4.49. The minimum atomic E-state index is 0.907. The van der Waals surface area contributed by atoms with Gasteiger partial charge in [-0.3, -0.25) is 0 Å². The van der Waals surface area contributed by atoms with Gasteiger partial charge in [0.25, 0.3) is 0 Å². The second-order valence-corrected chi connectivity index (χ2v) is 6.07. The number of pyridine rings is 1. The molecule has 0 aromatic carbocycles. The zero-order valence-electron chi connectivity index (χ0n) is 11.2. The highest BCUT2D eigenvalue weighted by Gasteiger charge is 2.14. The second kappa shape index (κ2) is 6.53. The third kappa shape index (κ3) is 3.95. The molecule has 0 atom stereocenters. The molecule has 0 saturated carbocycles. The van der Waals surface area contributed by atoms with Gasteiger partial charge < -0.3 is 10.2 Å². The quantitative estimate of drug-likeness (QED) is 0.924. The highest BCUT2D eigenvalue weighted by atomic mass is 79.9. The first kappa shape index (κ1) is 13.8. The smallest absolute Gasteiger partial charge is 0.126 e. The molecule has 0 spiro atoms. The number of likely N-dealkylation sites (tertiary alicyclic amines) is 1. The van der Waals surface area contributed by atoms with Crippen molar-refractivity contribution < 1.29 is 0 Å². The van der Waals surface area contributed by atoms with Gasteiger partial charge in [0, 0.05) is 17.6 Å². The number of rotatable bonds is 4. The van der Waals surface area contributed by atoms with Crippen LogP contribution in [0.2, 0.25) is 0 Å². The molecule has 1 aromatic heterocycles. The number of aryl methyl sites for hydroxylation is 1. The molecule has 2 heterocycles. The zero-order valence-corrected chi connectivity index (χ0v) is 12.8. The van der Waals surface area contributed by atoms with Crippen molar-refractivity contribution in [2.24, 2.45) is 5.92 Å². The Morgan fingerprint density at radius 3 is 2.78 bits per heavy atom. The lowest BCUT2D eigenvalue weighted by Crippen LogP contribution is -2.36. The Labute approximate surface area is 118 Å². The number of hydrogen-bond acceptors (Lipinski definition) is 3. The van der Waals surface area contributed by atoms with E-state index in [9.17, 15) is 0 Å². The average Bonchev–Trinajstić information content (AvgIpc) is 2.36. The van der Waals surface area contributed by atoms with E-state index in [4.69, 9.17) is 0 Å². The number of halogens is 1. The standard InChI is InChI=1S/C14H22BrN3/c1-11-5-8-18(9-6-11)10-7-16-14-4-3-13(15)12(2)17-14/h3-4,11H,5-10H2,1-2H3,(H,16,17). The van der Waals surface area contributed by atoms with Crippen LogP contribution < -0.4 is 5.32 Å². The molecule has 1 aliphatic heterocycles. The number of piperidine rings is 1. The Bertz CT molecular complexity index is 387. The third-order valence-electron chi connectivity index (χ3n) is 3.63. The molecule has 0 amide bonds. The van der Waals surface area contributed by atoms with Gasteiger partial charge in [0.05, 0.1) is 5.69 Å². The first-order valence-corrected chi connectivity index (χ1v) is 7.54. The van der Waals surface area contributed by atoms with Crippen molar-refractivity contribution in [3.63, 3.8) is 0 Å². The summed E-state index contributed by atoms with van der Waals surface area (Å²) in [6.45, 7) is 8.95. The number of nitrogens with zero attached hydrogens (tertiary/aromatic N) is 2. The van der Waals surface area contributed by atoms with Crippen molar-refractivity contribution in [1.82, 2.24) is 9.88 Å². The summed E-state index contributed by atoms with van der Waals surface area (Å²) in [6.07, 6.45) is 2.69. The van der Waals surface area contributed by atoms with Gasteiger partial charge in [0.1, 0.15) is 5.82 Å². The van der Waals surface area contributed by atoms with E-state index in [1.165, 1.54) is 25.9 Å². The van der Waals surface area contributed by atoms with E-state index in [-0.39, 0.29) is 0 Å². The van der Waals surface area contributed by atoms with Gasteiger partial charge in [0.15, 0.2) is 0 Å². The SMILES string of the molecule is Cc1nc(NCCN2CCC(C)CC2)ccc1Br. The van der Waals surface area contributed by atoms with Crippen LogP contribution in [0.1, 0.15) is 25.5 Å². The Balaban J connectivity index is 1.73. The molecule has 0 radical (unpaired) electrons. The van der Waals surface area contributed by atoms with Crippen molar-refractivity contribution in [3.8, 4) is 0 Å². The van der Waals surface area contributed by atoms with Crippen molar-refractivity contribution in [2.75, 3.05) is 31.5 Å². The van der Waals surface area contributed by atoms with E-state index < -0.39 is 0 Å². The van der Waals surface area contributed by atoms with Crippen LogP contribution >= 0.6 is 15.9 Å². The predicted molar refractivity (Wildman–Crippen MR) is 80.0 cm³/mol. The molecule has 4 heteroatoms. The molecular weight excluding hydrogens is 290 g/mol. The normalized spacial score (nSPS) is 17.9. The van der Waals surface area contributed by atoms with Crippen LogP contribution in [0.3, 0.4) is 0 Å². The number of hydrogen-bond donors (Lipinski definition) is 1. The first-order chi connectivity index (χ1) is 8.65. The lowest BCUT2D eigenvalue weighted by Gasteiger charge is -2.30. The molecular formula is C14H22BrN3. The van der Waals surface area contributed by atoms with E-state index in [1.807, 2.05) is 19.1 Å². The molecule has 1 aliphatic rings. The summed E-state index contributed by atoms with van der Waals surface area (Å²) in [5.74, 6) is 1.88. The van der Waals surface area contributed by atoms with Crippen LogP contribution in [0.5, 0.6) is 0 Å². The van der Waals surface area contributed by atoms with E-state index in [2.05, 4.69) is 38.1 Å². The summed E-state index contributed by atoms with van der Waals surface area (Å²) in [6, 6.07) is 4.07. The van der Waals surface area contributed by atoms with Crippen molar-refractivity contribution in [1.29, 1.82) is 0 Å². The molecule has 0 aliphatic carbocycles. The van der Waals surface area contributed by atoms with Crippen LogP contribution in [0.25, 0.3) is 0 Å². The van der Waals surface area contributed by atoms with Gasteiger partial charge in [-0.25, -0.2) is 4.98 Å². The van der Waals surface area contributed by atoms with Gasteiger partial charge >= 0.3 is 0 Å². The maximum absolute atomic E-state index is 4.49. The van der Waals surface area contributed by atoms with Crippen molar-refractivity contribution in [3.05, 3.63) is 22.3 Å². The molecule has 2 rings (SSSR count). The Morgan fingerprint density at radius 2 is 2.11 bits per heavy atom. The highest BCUT2D eigenvalue weighted by Crippen LogP contribution is 2.17. The van der Waals surface area contributed by atoms with E-state index >= 15 is 0 Å². The van der Waals surface area contributed by atoms with Gasteiger partial charge in [-0.05, 0) is 66.8 Å². The lowest BCUT2D eigenvalue weighted by atomic mass is 9.99. The van der Waals surface area contributed by atoms with Gasteiger partial charge in [0.2, 0.25) is 0 Å². The molecule has 0 unspecified atom stereocenters. The minimum absolute atomic E-state index is 0.907. The second-order valence-electron chi connectivity index (χ2n) is 5.21. The van der Waals surface area contributed by atoms with Gasteiger partial charge in [-0.15, -0.1) is 0 Å². The Morgan fingerprint density at radius 1 is 1.39 bits per heavy atom. The summed E-state index contributed by atoms with van der Waals surface area (Å²) >= 11 is 3.47. The van der Waals surface area contributed by atoms with E-state index in [0.29, 0.717) is 0 Å². The lowest BCUT2D eigenvalue weighted by molar-refractivity contribution is 0.199. The zero-order chi connectivity index (χ0) is 13.0. The monoisotopic (exact) mass is 311 g/mol. The molecule has 1 aromatic rings. The Hall–Kier alpha value is -0.610. The van der Waals surface area contributed by atoms with Gasteiger partial charge in [-0.2, -0.15) is 0 Å². The molecule has 1 fully saturated rings. The largest absolute Gasteiger partial charge is 0.369 e. The summed E-state index contributed by atoms with van der Waals surface area (Å²) in [4.78, 5) is 7.03. The summed E-state index contributed by atoms with van der Waals surface area (Å²) in [5.41, 5.74) is 1.03. The average molecular weight is 312 g/mol. The van der Waals surface area contributed by atoms with E-state index in [1.54, 1.807) is 0 Å². The Kier molecular flexibility index (Phi) is 5.01. The van der Waals surface area contributed by atoms with Crippen molar-refractivity contribution >= 4 is 21.7 Å². The third-order valence-corrected chi connectivity index (χ3v) is 4.47.